The van der Waals surface area contributed by atoms with Crippen LogP contribution >= 0.6 is 27.5 Å². The number of imidazole rings is 1. The second-order valence-corrected chi connectivity index (χ2v) is 4.33. The van der Waals surface area contributed by atoms with E-state index < -0.39 is 0 Å². The van der Waals surface area contributed by atoms with Crippen molar-refractivity contribution in [1.82, 2.24) is 9.55 Å². The fraction of sp³-hybridized carbons (Fsp3) is 0.182. The molecule has 3 nitrogen and oxygen atoms in total. The van der Waals surface area contributed by atoms with Crippen molar-refractivity contribution in [2.45, 2.75) is 5.88 Å². The van der Waals surface area contributed by atoms with E-state index >= 15 is 0 Å². The molecule has 0 bridgehead atoms. The summed E-state index contributed by atoms with van der Waals surface area (Å²) in [6.07, 6.45) is 3.49. The number of hydrogen-bond acceptors (Lipinski definition) is 2. The number of rotatable bonds is 3. The zero-order chi connectivity index (χ0) is 11.5. The van der Waals surface area contributed by atoms with Crippen molar-refractivity contribution < 1.29 is 4.74 Å². The summed E-state index contributed by atoms with van der Waals surface area (Å²) in [6.45, 7) is 0. The molecule has 0 spiro atoms. The number of benzene rings is 1. The fourth-order valence-electron chi connectivity index (χ4n) is 1.45. The highest BCUT2D eigenvalue weighted by molar-refractivity contribution is 9.10. The standard InChI is InChI=1S/C11H10BrClN2O/c1-16-11-4-8(2-3-10(11)12)15-7-14-6-9(15)5-13/h2-4,6-7H,5H2,1H3. The third-order valence-corrected chi connectivity index (χ3v) is 3.19. The molecule has 0 fully saturated rings. The van der Waals surface area contributed by atoms with Gasteiger partial charge in [-0.15, -0.1) is 11.6 Å². The minimum absolute atomic E-state index is 0.429. The van der Waals surface area contributed by atoms with E-state index in [-0.39, 0.29) is 0 Å². The molecule has 0 aliphatic rings. The van der Waals surface area contributed by atoms with Crippen molar-refractivity contribution in [2.24, 2.45) is 0 Å². The van der Waals surface area contributed by atoms with Crippen LogP contribution in [-0.2, 0) is 5.88 Å². The molecule has 2 aromatic rings. The molecule has 16 heavy (non-hydrogen) atoms. The van der Waals surface area contributed by atoms with Gasteiger partial charge in [0, 0.05) is 12.3 Å². The van der Waals surface area contributed by atoms with E-state index in [1.807, 2.05) is 22.8 Å². The first-order valence-electron chi connectivity index (χ1n) is 4.67. The first kappa shape index (κ1) is 11.5. The summed E-state index contributed by atoms with van der Waals surface area (Å²) < 4.78 is 8.10. The Balaban J connectivity index is 2.48. The van der Waals surface area contributed by atoms with Crippen molar-refractivity contribution in [2.75, 3.05) is 7.11 Å². The van der Waals surface area contributed by atoms with E-state index in [2.05, 4.69) is 20.9 Å². The summed E-state index contributed by atoms with van der Waals surface area (Å²) in [5, 5.41) is 0. The van der Waals surface area contributed by atoms with Gasteiger partial charge in [-0.25, -0.2) is 4.98 Å². The van der Waals surface area contributed by atoms with Gasteiger partial charge in [0.15, 0.2) is 0 Å². The molecule has 1 aromatic heterocycles. The Hall–Kier alpha value is -1.000. The minimum Gasteiger partial charge on any atom is -0.495 e. The third-order valence-electron chi connectivity index (χ3n) is 2.26. The van der Waals surface area contributed by atoms with Crippen LogP contribution in [0.2, 0.25) is 0 Å². The van der Waals surface area contributed by atoms with Gasteiger partial charge in [0.2, 0.25) is 0 Å². The normalized spacial score (nSPS) is 10.4. The maximum absolute atomic E-state index is 5.83. The first-order valence-corrected chi connectivity index (χ1v) is 6.00. The van der Waals surface area contributed by atoms with E-state index in [9.17, 15) is 0 Å². The van der Waals surface area contributed by atoms with E-state index in [0.717, 1.165) is 21.6 Å². The summed E-state index contributed by atoms with van der Waals surface area (Å²) in [4.78, 5) is 4.07. The monoisotopic (exact) mass is 300 g/mol. The van der Waals surface area contributed by atoms with Crippen LogP contribution in [0.15, 0.2) is 35.2 Å². The molecule has 0 atom stereocenters. The molecule has 0 N–H and O–H groups in total. The van der Waals surface area contributed by atoms with Crippen LogP contribution in [0.1, 0.15) is 5.69 Å². The predicted octanol–water partition coefficient (Wildman–Crippen LogP) is 3.38. The minimum atomic E-state index is 0.429. The molecule has 0 radical (unpaired) electrons. The van der Waals surface area contributed by atoms with Crippen LogP contribution in [0, 0.1) is 0 Å². The predicted molar refractivity (Wildman–Crippen MR) is 67.4 cm³/mol. The number of halogens is 2. The van der Waals surface area contributed by atoms with Crippen LogP contribution in [0.25, 0.3) is 5.69 Å². The van der Waals surface area contributed by atoms with Gasteiger partial charge < -0.3 is 9.30 Å². The molecule has 0 aliphatic heterocycles. The maximum atomic E-state index is 5.83. The molecule has 0 saturated carbocycles. The van der Waals surface area contributed by atoms with E-state index in [4.69, 9.17) is 16.3 Å². The molecule has 1 heterocycles. The average molecular weight is 302 g/mol. The molecule has 2 rings (SSSR count). The Morgan fingerprint density at radius 3 is 3.00 bits per heavy atom. The first-order chi connectivity index (χ1) is 7.76. The van der Waals surface area contributed by atoms with Gasteiger partial charge in [-0.1, -0.05) is 0 Å². The van der Waals surface area contributed by atoms with Crippen molar-refractivity contribution >= 4 is 27.5 Å². The number of methoxy groups -OCH3 is 1. The van der Waals surface area contributed by atoms with Gasteiger partial charge in [0.1, 0.15) is 5.75 Å². The van der Waals surface area contributed by atoms with Gasteiger partial charge in [-0.3, -0.25) is 0 Å². The Kier molecular flexibility index (Phi) is 3.51. The summed E-state index contributed by atoms with van der Waals surface area (Å²) >= 11 is 9.24. The Labute approximate surface area is 107 Å². The molecule has 84 valence electrons. The van der Waals surface area contributed by atoms with E-state index in [1.165, 1.54) is 0 Å². The van der Waals surface area contributed by atoms with Crippen molar-refractivity contribution in [1.29, 1.82) is 0 Å². The molecule has 0 aliphatic carbocycles. The smallest absolute Gasteiger partial charge is 0.135 e. The second kappa shape index (κ2) is 4.89. The van der Waals surface area contributed by atoms with Gasteiger partial charge in [-0.05, 0) is 28.1 Å². The number of hydrogen-bond donors (Lipinski definition) is 0. The van der Waals surface area contributed by atoms with Gasteiger partial charge in [-0.2, -0.15) is 0 Å². The lowest BCUT2D eigenvalue weighted by molar-refractivity contribution is 0.412. The van der Waals surface area contributed by atoms with Crippen molar-refractivity contribution in [3.63, 3.8) is 0 Å². The van der Waals surface area contributed by atoms with Crippen LogP contribution in [-0.4, -0.2) is 16.7 Å². The van der Waals surface area contributed by atoms with Crippen molar-refractivity contribution in [3.05, 3.63) is 40.9 Å². The van der Waals surface area contributed by atoms with Crippen LogP contribution < -0.4 is 4.74 Å². The lowest BCUT2D eigenvalue weighted by Crippen LogP contribution is -1.97. The third kappa shape index (κ3) is 2.08. The molecule has 0 unspecified atom stereocenters. The summed E-state index contributed by atoms with van der Waals surface area (Å²) in [7, 11) is 1.64. The average Bonchev–Trinajstić information content (AvgIpc) is 2.78. The fourth-order valence-corrected chi connectivity index (χ4v) is 2.06. The Bertz CT molecular complexity index is 498. The zero-order valence-electron chi connectivity index (χ0n) is 8.65. The van der Waals surface area contributed by atoms with Crippen LogP contribution in [0.5, 0.6) is 5.75 Å². The van der Waals surface area contributed by atoms with Crippen LogP contribution in [0.3, 0.4) is 0 Å². The van der Waals surface area contributed by atoms with Gasteiger partial charge in [0.25, 0.3) is 0 Å². The highest BCUT2D eigenvalue weighted by atomic mass is 79.9. The number of nitrogens with zero attached hydrogens (tertiary/aromatic N) is 2. The van der Waals surface area contributed by atoms with E-state index in [1.54, 1.807) is 19.6 Å². The summed E-state index contributed by atoms with van der Waals surface area (Å²) in [5.74, 6) is 1.21. The molecular weight excluding hydrogens is 291 g/mol. The van der Waals surface area contributed by atoms with Gasteiger partial charge in [0.05, 0.1) is 35.2 Å². The summed E-state index contributed by atoms with van der Waals surface area (Å²) in [5.41, 5.74) is 1.93. The SMILES string of the molecule is COc1cc(-n2cncc2CCl)ccc1Br. The van der Waals surface area contributed by atoms with Crippen molar-refractivity contribution in [3.8, 4) is 11.4 Å². The largest absolute Gasteiger partial charge is 0.495 e. The summed E-state index contributed by atoms with van der Waals surface area (Å²) in [6, 6.07) is 5.85. The molecule has 0 saturated heterocycles. The topological polar surface area (TPSA) is 27.1 Å². The second-order valence-electron chi connectivity index (χ2n) is 3.21. The number of ether oxygens (including phenoxy) is 1. The lowest BCUT2D eigenvalue weighted by Gasteiger charge is -2.09. The molecular formula is C11H10BrClN2O. The molecule has 5 heteroatoms. The maximum Gasteiger partial charge on any atom is 0.135 e. The van der Waals surface area contributed by atoms with Gasteiger partial charge >= 0.3 is 0 Å². The quantitative estimate of drug-likeness (QED) is 0.813. The Morgan fingerprint density at radius 2 is 2.31 bits per heavy atom. The van der Waals surface area contributed by atoms with E-state index in [0.29, 0.717) is 5.88 Å². The molecule has 0 amide bonds. The Morgan fingerprint density at radius 1 is 1.50 bits per heavy atom. The zero-order valence-corrected chi connectivity index (χ0v) is 11.0. The van der Waals surface area contributed by atoms with Crippen LogP contribution in [0.4, 0.5) is 0 Å². The highest BCUT2D eigenvalue weighted by Crippen LogP contribution is 2.27. The molecule has 1 aromatic carbocycles. The highest BCUT2D eigenvalue weighted by Gasteiger charge is 2.06. The number of aromatic nitrogens is 2. The number of alkyl halides is 1. The lowest BCUT2D eigenvalue weighted by atomic mass is 10.3.